The van der Waals surface area contributed by atoms with Gasteiger partial charge >= 0.3 is 0 Å². The molecule has 37 heavy (non-hydrogen) atoms. The van der Waals surface area contributed by atoms with Gasteiger partial charge in [0.1, 0.15) is 5.58 Å². The predicted octanol–water partition coefficient (Wildman–Crippen LogP) is 6.56. The average Bonchev–Trinajstić information content (AvgIpc) is 3.46. The van der Waals surface area contributed by atoms with Crippen LogP contribution >= 0.6 is 15.9 Å². The molecule has 1 aromatic heterocycles. The molecule has 0 radical (unpaired) electrons. The van der Waals surface area contributed by atoms with E-state index in [-0.39, 0.29) is 11.3 Å². The van der Waals surface area contributed by atoms with Gasteiger partial charge in [0.2, 0.25) is 5.78 Å². The van der Waals surface area contributed by atoms with E-state index < -0.39 is 23.5 Å². The Bertz CT molecular complexity index is 1550. The van der Waals surface area contributed by atoms with E-state index >= 15 is 0 Å². The third-order valence-corrected chi connectivity index (χ3v) is 7.00. The van der Waals surface area contributed by atoms with Crippen LogP contribution in [-0.4, -0.2) is 31.0 Å². The van der Waals surface area contributed by atoms with Crippen LogP contribution in [0, 0.1) is 0 Å². The van der Waals surface area contributed by atoms with Crippen LogP contribution in [0.1, 0.15) is 34.6 Å². The highest BCUT2D eigenvalue weighted by molar-refractivity contribution is 9.10. The molecule has 0 saturated carbocycles. The van der Waals surface area contributed by atoms with Crippen molar-refractivity contribution in [3.05, 3.63) is 99.4 Å². The third kappa shape index (κ3) is 4.27. The van der Waals surface area contributed by atoms with Crippen LogP contribution < -0.4 is 14.4 Å². The molecule has 1 amide bonds. The molecule has 3 aromatic carbocycles. The summed E-state index contributed by atoms with van der Waals surface area (Å²) in [6.45, 7) is 2.05. The van der Waals surface area contributed by atoms with E-state index in [1.807, 2.05) is 43.3 Å². The second-order valence-electron chi connectivity index (χ2n) is 8.60. The summed E-state index contributed by atoms with van der Waals surface area (Å²) < 4.78 is 17.4. The maximum atomic E-state index is 13.8. The van der Waals surface area contributed by atoms with Crippen molar-refractivity contribution in [2.45, 2.75) is 19.4 Å². The Balaban J connectivity index is 1.65. The second-order valence-corrected chi connectivity index (χ2v) is 9.51. The number of halogens is 1. The summed E-state index contributed by atoms with van der Waals surface area (Å²) in [5, 5.41) is 11.8. The molecule has 8 heteroatoms. The summed E-state index contributed by atoms with van der Waals surface area (Å²) in [4.78, 5) is 28.7. The molecule has 1 aliphatic rings. The van der Waals surface area contributed by atoms with Crippen molar-refractivity contribution in [2.24, 2.45) is 0 Å². The molecule has 0 bridgehead atoms. The topological polar surface area (TPSA) is 89.2 Å². The molecule has 1 atom stereocenters. The summed E-state index contributed by atoms with van der Waals surface area (Å²) in [5.41, 5.74) is 2.69. The van der Waals surface area contributed by atoms with Crippen LogP contribution in [-0.2, 0) is 11.2 Å². The zero-order chi connectivity index (χ0) is 26.3. The Labute approximate surface area is 222 Å². The highest BCUT2D eigenvalue weighted by atomic mass is 79.9. The molecule has 5 rings (SSSR count). The van der Waals surface area contributed by atoms with Crippen molar-refractivity contribution in [2.75, 3.05) is 19.1 Å². The van der Waals surface area contributed by atoms with Gasteiger partial charge in [0.25, 0.3) is 5.91 Å². The van der Waals surface area contributed by atoms with E-state index in [9.17, 15) is 14.7 Å². The summed E-state index contributed by atoms with van der Waals surface area (Å²) in [6, 6.07) is 18.8. The van der Waals surface area contributed by atoms with Crippen molar-refractivity contribution in [3.63, 3.8) is 0 Å². The number of hydrogen-bond donors (Lipinski definition) is 1. The maximum absolute atomic E-state index is 13.8. The summed E-state index contributed by atoms with van der Waals surface area (Å²) in [7, 11) is 3.02. The molecule has 0 spiro atoms. The van der Waals surface area contributed by atoms with Crippen molar-refractivity contribution < 1.29 is 28.6 Å². The van der Waals surface area contributed by atoms with E-state index in [4.69, 9.17) is 13.9 Å². The normalized spacial score (nSPS) is 15.5. The van der Waals surface area contributed by atoms with Gasteiger partial charge in [-0.15, -0.1) is 0 Å². The minimum absolute atomic E-state index is 0.0341. The Kier molecular flexibility index (Phi) is 6.52. The molecule has 0 aliphatic carbocycles. The van der Waals surface area contributed by atoms with Crippen molar-refractivity contribution in [1.82, 2.24) is 0 Å². The van der Waals surface area contributed by atoms with Gasteiger partial charge in [0.05, 0.1) is 25.8 Å². The number of fused-ring (bicyclic) bond motifs is 1. The monoisotopic (exact) mass is 561 g/mol. The molecule has 1 N–H and O–H groups in total. The number of carbonyl (C=O) groups is 2. The second kappa shape index (κ2) is 9.78. The number of hydrogen-bond acceptors (Lipinski definition) is 6. The van der Waals surface area contributed by atoms with Gasteiger partial charge in [-0.05, 0) is 53.9 Å². The smallest absolute Gasteiger partial charge is 0.294 e. The highest BCUT2D eigenvalue weighted by Gasteiger charge is 2.45. The molecule has 0 saturated heterocycles. The number of ether oxygens (including phenoxy) is 2. The van der Waals surface area contributed by atoms with Crippen LogP contribution in [0.25, 0.3) is 11.0 Å². The molecule has 0 fully saturated rings. The molecule has 2 heterocycles. The van der Waals surface area contributed by atoms with Crippen molar-refractivity contribution in [1.29, 1.82) is 0 Å². The molecule has 4 aromatic rings. The van der Waals surface area contributed by atoms with E-state index in [1.165, 1.54) is 19.1 Å². The first-order valence-corrected chi connectivity index (χ1v) is 12.5. The minimum atomic E-state index is -0.885. The zero-order valence-electron chi connectivity index (χ0n) is 20.4. The number of benzene rings is 3. The number of carbonyl (C=O) groups excluding carboxylic acids is 2. The molecule has 1 aliphatic heterocycles. The first-order valence-electron chi connectivity index (χ1n) is 11.7. The van der Waals surface area contributed by atoms with Gasteiger partial charge in [-0.25, -0.2) is 0 Å². The van der Waals surface area contributed by atoms with Gasteiger partial charge in [-0.1, -0.05) is 47.1 Å². The number of Topliss-reactive ketones (excluding diaryl/α,β-unsaturated/α-hetero) is 1. The van der Waals surface area contributed by atoms with E-state index in [1.54, 1.807) is 30.3 Å². The number of aryl methyl sites for hydroxylation is 1. The third-order valence-electron chi connectivity index (χ3n) is 6.50. The number of nitrogens with zero attached hydrogens (tertiary/aromatic N) is 1. The lowest BCUT2D eigenvalue weighted by Gasteiger charge is -2.27. The van der Waals surface area contributed by atoms with E-state index in [2.05, 4.69) is 15.9 Å². The average molecular weight is 562 g/mol. The van der Waals surface area contributed by atoms with Crippen LogP contribution in [0.4, 0.5) is 5.69 Å². The number of furan rings is 1. The number of aliphatic hydroxyl groups is 1. The predicted molar refractivity (Wildman–Crippen MR) is 143 cm³/mol. The SMILES string of the molecule is CCc1ccc(C2C(C(=O)c3cc4cc(Br)ccc4o3)=C(O)C(=O)N2c2ccc(OC)c(OC)c2)cc1. The van der Waals surface area contributed by atoms with Crippen LogP contribution in [0.5, 0.6) is 11.5 Å². The molecule has 1 unspecified atom stereocenters. The summed E-state index contributed by atoms with van der Waals surface area (Å²) in [6.07, 6.45) is 0.838. The number of aliphatic hydroxyl groups excluding tert-OH is 1. The van der Waals surface area contributed by atoms with Gasteiger partial charge in [-0.2, -0.15) is 0 Å². The summed E-state index contributed by atoms with van der Waals surface area (Å²) >= 11 is 3.42. The number of rotatable bonds is 7. The van der Waals surface area contributed by atoms with Gasteiger partial charge in [-0.3, -0.25) is 14.5 Å². The van der Waals surface area contributed by atoms with E-state index in [0.29, 0.717) is 28.3 Å². The van der Waals surface area contributed by atoms with Crippen LogP contribution in [0.15, 0.2) is 87.0 Å². The van der Waals surface area contributed by atoms with Gasteiger partial charge in [0.15, 0.2) is 23.0 Å². The first-order chi connectivity index (χ1) is 17.9. The fourth-order valence-electron chi connectivity index (χ4n) is 4.59. The van der Waals surface area contributed by atoms with Gasteiger partial charge in [0, 0.05) is 21.6 Å². The van der Waals surface area contributed by atoms with Crippen LogP contribution in [0.3, 0.4) is 0 Å². The Morgan fingerprint density at radius 1 is 1.00 bits per heavy atom. The fourth-order valence-corrected chi connectivity index (χ4v) is 4.97. The number of anilines is 1. The number of ketones is 1. The van der Waals surface area contributed by atoms with Crippen molar-refractivity contribution >= 4 is 44.3 Å². The van der Waals surface area contributed by atoms with Crippen LogP contribution in [0.2, 0.25) is 0 Å². The Morgan fingerprint density at radius 3 is 2.41 bits per heavy atom. The first kappa shape index (κ1) is 24.6. The number of methoxy groups -OCH3 is 2. The Morgan fingerprint density at radius 2 is 1.73 bits per heavy atom. The van der Waals surface area contributed by atoms with E-state index in [0.717, 1.165) is 21.8 Å². The lowest BCUT2D eigenvalue weighted by molar-refractivity contribution is -0.117. The lowest BCUT2D eigenvalue weighted by atomic mass is 9.94. The van der Waals surface area contributed by atoms with Gasteiger partial charge < -0.3 is 19.0 Å². The quantitative estimate of drug-likeness (QED) is 0.257. The largest absolute Gasteiger partial charge is 0.503 e. The maximum Gasteiger partial charge on any atom is 0.294 e. The molecular weight excluding hydrogens is 538 g/mol. The number of amides is 1. The van der Waals surface area contributed by atoms with Crippen molar-refractivity contribution in [3.8, 4) is 11.5 Å². The molecule has 188 valence electrons. The standard InChI is InChI=1S/C29H24BrNO6/c1-4-16-5-7-17(8-6-16)26-25(27(32)24-14-18-13-19(30)9-11-21(18)37-24)28(33)29(34)31(26)20-10-12-22(35-2)23(15-20)36-3/h5-15,26,33H,4H2,1-3H3. The highest BCUT2D eigenvalue weighted by Crippen LogP contribution is 2.44. The lowest BCUT2D eigenvalue weighted by Crippen LogP contribution is -2.31. The minimum Gasteiger partial charge on any atom is -0.503 e. The summed E-state index contributed by atoms with van der Waals surface area (Å²) in [5.74, 6) is -0.943. The zero-order valence-corrected chi connectivity index (χ0v) is 22.0. The Hall–Kier alpha value is -4.04. The molecular formula is C29H24BrNO6. The fraction of sp³-hybridized carbons (Fsp3) is 0.172. The molecule has 7 nitrogen and oxygen atoms in total.